The molecule has 6 nitrogen and oxygen atoms in total. The van der Waals surface area contributed by atoms with E-state index in [9.17, 15) is 18.7 Å². The quantitative estimate of drug-likeness (QED) is 0.598. The zero-order chi connectivity index (χ0) is 21.1. The fourth-order valence-corrected chi connectivity index (χ4v) is 4.06. The maximum absolute atomic E-state index is 14.0. The van der Waals surface area contributed by atoms with Gasteiger partial charge in [0.2, 0.25) is 0 Å². The summed E-state index contributed by atoms with van der Waals surface area (Å²) in [5, 5.41) is 10.9. The molecule has 4 rings (SSSR count). The van der Waals surface area contributed by atoms with Crippen molar-refractivity contribution in [2.45, 2.75) is 25.2 Å². The van der Waals surface area contributed by atoms with Crippen LogP contribution in [0.25, 0.3) is 10.6 Å². The van der Waals surface area contributed by atoms with Gasteiger partial charge >= 0.3 is 0 Å². The molecule has 1 aromatic carbocycles. The van der Waals surface area contributed by atoms with Gasteiger partial charge in [-0.3, -0.25) is 9.78 Å². The number of pyridine rings is 1. The lowest BCUT2D eigenvalue weighted by Crippen LogP contribution is -2.30. The highest BCUT2D eigenvalue weighted by Crippen LogP contribution is 2.31. The summed E-state index contributed by atoms with van der Waals surface area (Å²) in [6.07, 6.45) is 2.63. The fourth-order valence-electron chi connectivity index (χ4n) is 3.18. The number of nitrogens with zero attached hydrogens (tertiary/aromatic N) is 2. The number of hydrogen-bond acceptors (Lipinski definition) is 7. The lowest BCUT2D eigenvalue weighted by atomic mass is 10.0. The molecule has 1 aliphatic heterocycles. The number of rotatable bonds is 6. The van der Waals surface area contributed by atoms with Crippen molar-refractivity contribution in [3.05, 3.63) is 70.5 Å². The van der Waals surface area contributed by atoms with Crippen molar-refractivity contribution in [2.24, 2.45) is 0 Å². The molecule has 0 bridgehead atoms. The van der Waals surface area contributed by atoms with Gasteiger partial charge in [-0.15, -0.1) is 11.3 Å². The van der Waals surface area contributed by atoms with Crippen LogP contribution in [0.1, 0.15) is 34.3 Å². The van der Waals surface area contributed by atoms with Crippen LogP contribution in [0.2, 0.25) is 0 Å². The van der Waals surface area contributed by atoms with Gasteiger partial charge in [0.1, 0.15) is 22.3 Å². The second-order valence-corrected chi connectivity index (χ2v) is 7.60. The average Bonchev–Trinajstić information content (AvgIpc) is 3.24. The lowest BCUT2D eigenvalue weighted by Gasteiger charge is -2.30. The summed E-state index contributed by atoms with van der Waals surface area (Å²) in [5.74, 6) is -1.79. The van der Waals surface area contributed by atoms with Gasteiger partial charge in [-0.2, -0.15) is 0 Å². The highest BCUT2D eigenvalue weighted by Gasteiger charge is 2.27. The molecule has 156 valence electrons. The summed E-state index contributed by atoms with van der Waals surface area (Å²) in [6, 6.07) is 5.27. The van der Waals surface area contributed by atoms with Gasteiger partial charge in [-0.25, -0.2) is 13.8 Å². The number of Topliss-reactive ketones (excluding diaryl/α,β-unsaturated/α-hetero) is 1. The third-order valence-corrected chi connectivity index (χ3v) is 5.60. The molecule has 0 unspecified atom stereocenters. The molecule has 0 saturated carbocycles. The van der Waals surface area contributed by atoms with Crippen LogP contribution in [0, 0.1) is 11.6 Å². The molecular weight excluding hydrogens is 414 g/mol. The van der Waals surface area contributed by atoms with Crippen molar-refractivity contribution in [1.82, 2.24) is 9.97 Å². The summed E-state index contributed by atoms with van der Waals surface area (Å²) in [5.41, 5.74) is 1.11. The number of thiazole rings is 1. The van der Waals surface area contributed by atoms with Gasteiger partial charge in [0, 0.05) is 29.8 Å². The summed E-state index contributed by atoms with van der Waals surface area (Å²) >= 11 is 1.00. The van der Waals surface area contributed by atoms with E-state index in [2.05, 4.69) is 9.97 Å². The van der Waals surface area contributed by atoms with Crippen LogP contribution in [-0.2, 0) is 15.9 Å². The Morgan fingerprint density at radius 2 is 2.07 bits per heavy atom. The van der Waals surface area contributed by atoms with Crippen LogP contribution in [0.15, 0.2) is 42.0 Å². The molecule has 3 aromatic rings. The van der Waals surface area contributed by atoms with Gasteiger partial charge in [-0.1, -0.05) is 6.07 Å². The predicted molar refractivity (Wildman–Crippen MR) is 105 cm³/mol. The summed E-state index contributed by atoms with van der Waals surface area (Å²) < 4.78 is 39.4. The molecular formula is C21H18F2N2O4S. The van der Waals surface area contributed by atoms with Crippen LogP contribution < -0.4 is 0 Å². The molecule has 2 atom stereocenters. The Hall–Kier alpha value is -2.59. The van der Waals surface area contributed by atoms with Crippen LogP contribution in [0.4, 0.5) is 8.78 Å². The fraction of sp³-hybridized carbons (Fsp3) is 0.286. The maximum Gasteiger partial charge on any atom is 0.186 e. The van der Waals surface area contributed by atoms with Crippen LogP contribution in [-0.4, -0.2) is 40.2 Å². The smallest absolute Gasteiger partial charge is 0.186 e. The van der Waals surface area contributed by atoms with Crippen LogP contribution >= 0.6 is 11.3 Å². The van der Waals surface area contributed by atoms with Gasteiger partial charge in [-0.05, 0) is 30.2 Å². The second kappa shape index (κ2) is 9.05. The molecule has 1 aliphatic rings. The van der Waals surface area contributed by atoms with E-state index in [4.69, 9.17) is 9.47 Å². The number of ether oxygens (including phenoxy) is 2. The molecule has 0 radical (unpaired) electrons. The van der Waals surface area contributed by atoms with Gasteiger partial charge in [0.05, 0.1) is 24.9 Å². The van der Waals surface area contributed by atoms with E-state index >= 15 is 0 Å². The van der Waals surface area contributed by atoms with Crippen LogP contribution in [0.3, 0.4) is 0 Å². The Kier molecular flexibility index (Phi) is 6.24. The molecule has 1 N–H and O–H groups in total. The van der Waals surface area contributed by atoms with E-state index in [-0.39, 0.29) is 41.2 Å². The molecule has 0 aliphatic carbocycles. The first kappa shape index (κ1) is 20.7. The first-order chi connectivity index (χ1) is 14.6. The Balaban J connectivity index is 1.55. The number of hydrogen-bond donors (Lipinski definition) is 1. The zero-order valence-corrected chi connectivity index (χ0v) is 16.6. The van der Waals surface area contributed by atoms with E-state index < -0.39 is 17.9 Å². The molecule has 2 aromatic heterocycles. The molecule has 30 heavy (non-hydrogen) atoms. The summed E-state index contributed by atoms with van der Waals surface area (Å²) in [4.78, 5) is 21.0. The monoisotopic (exact) mass is 432 g/mol. The van der Waals surface area contributed by atoms with E-state index in [1.165, 1.54) is 11.4 Å². The van der Waals surface area contributed by atoms with Crippen molar-refractivity contribution in [1.29, 1.82) is 0 Å². The second-order valence-electron chi connectivity index (χ2n) is 6.74. The Bertz CT molecular complexity index is 1040. The van der Waals surface area contributed by atoms with Crippen molar-refractivity contribution < 1.29 is 28.2 Å². The van der Waals surface area contributed by atoms with Crippen molar-refractivity contribution in [3.8, 4) is 10.6 Å². The SMILES string of the molecule is O=C(Cc1cnccc1[C@H]1OCC[C@@H](CO)O1)c1csc(-c2c(F)cccc2F)n1. The molecule has 0 amide bonds. The Morgan fingerprint density at radius 1 is 1.27 bits per heavy atom. The number of aliphatic hydroxyl groups is 1. The number of carbonyl (C=O) groups is 1. The van der Waals surface area contributed by atoms with Crippen molar-refractivity contribution >= 4 is 17.1 Å². The third-order valence-electron chi connectivity index (χ3n) is 4.74. The molecule has 1 saturated heterocycles. The first-order valence-electron chi connectivity index (χ1n) is 9.30. The number of aromatic nitrogens is 2. The average molecular weight is 432 g/mol. The number of benzene rings is 1. The lowest BCUT2D eigenvalue weighted by molar-refractivity contribution is -0.224. The number of aliphatic hydroxyl groups excluding tert-OH is 1. The number of halogens is 2. The number of ketones is 1. The Morgan fingerprint density at radius 3 is 2.83 bits per heavy atom. The molecule has 3 heterocycles. The van der Waals surface area contributed by atoms with Gasteiger partial charge in [0.25, 0.3) is 0 Å². The topological polar surface area (TPSA) is 81.5 Å². The molecule has 0 spiro atoms. The normalized spacial score (nSPS) is 19.0. The highest BCUT2D eigenvalue weighted by atomic mass is 32.1. The predicted octanol–water partition coefficient (Wildman–Crippen LogP) is 3.71. The van der Waals surface area contributed by atoms with E-state index in [1.807, 2.05) is 0 Å². The minimum atomic E-state index is -0.733. The maximum atomic E-state index is 14.0. The summed E-state index contributed by atoms with van der Waals surface area (Å²) in [7, 11) is 0. The van der Waals surface area contributed by atoms with Gasteiger partial charge in [0.15, 0.2) is 12.1 Å². The summed E-state index contributed by atoms with van der Waals surface area (Å²) in [6.45, 7) is 0.308. The van der Waals surface area contributed by atoms with E-state index in [0.717, 1.165) is 23.5 Å². The minimum Gasteiger partial charge on any atom is -0.394 e. The van der Waals surface area contributed by atoms with Crippen LogP contribution in [0.5, 0.6) is 0 Å². The van der Waals surface area contributed by atoms with E-state index in [1.54, 1.807) is 18.5 Å². The standard InChI is InChI=1S/C21H18F2N2O4S/c22-15-2-1-3-16(23)19(15)20-25-17(11-30-20)18(27)8-12-9-24-6-4-14(12)21-28-7-5-13(10-26)29-21/h1-4,6,9,11,13,21,26H,5,7-8,10H2/t13-,21-/m0/s1. The minimum absolute atomic E-state index is 0.0287. The Labute approximate surface area is 175 Å². The largest absolute Gasteiger partial charge is 0.394 e. The first-order valence-corrected chi connectivity index (χ1v) is 10.2. The number of carbonyl (C=O) groups excluding carboxylic acids is 1. The highest BCUT2D eigenvalue weighted by molar-refractivity contribution is 7.13. The molecule has 9 heteroatoms. The zero-order valence-electron chi connectivity index (χ0n) is 15.8. The van der Waals surface area contributed by atoms with Gasteiger partial charge < -0.3 is 14.6 Å². The van der Waals surface area contributed by atoms with Crippen molar-refractivity contribution in [3.63, 3.8) is 0 Å². The third kappa shape index (κ3) is 4.29. The molecule has 1 fully saturated rings. The van der Waals surface area contributed by atoms with Crippen molar-refractivity contribution in [2.75, 3.05) is 13.2 Å². The van der Waals surface area contributed by atoms with E-state index in [0.29, 0.717) is 24.2 Å².